The molecule has 1 aliphatic heterocycles. The number of nitrogens with zero attached hydrogens (tertiary/aromatic N) is 1. The molecule has 1 heterocycles. The fourth-order valence-electron chi connectivity index (χ4n) is 4.88. The number of sulfonamides is 1. The van der Waals surface area contributed by atoms with Crippen molar-refractivity contribution in [3.63, 3.8) is 0 Å². The summed E-state index contributed by atoms with van der Waals surface area (Å²) in [5, 5.41) is 3.52. The van der Waals surface area contributed by atoms with Gasteiger partial charge in [0.15, 0.2) is 0 Å². The van der Waals surface area contributed by atoms with Gasteiger partial charge in [-0.1, -0.05) is 93.6 Å². The van der Waals surface area contributed by atoms with E-state index in [0.717, 1.165) is 37.2 Å². The Hall–Kier alpha value is -2.51. The van der Waals surface area contributed by atoms with E-state index in [2.05, 4.69) is 72.1 Å². The van der Waals surface area contributed by atoms with Crippen molar-refractivity contribution in [1.29, 1.82) is 0 Å². The highest BCUT2D eigenvalue weighted by Crippen LogP contribution is 2.24. The van der Waals surface area contributed by atoms with Crippen LogP contribution >= 0.6 is 0 Å². The molecule has 36 heavy (non-hydrogen) atoms. The first-order valence-corrected chi connectivity index (χ1v) is 14.3. The summed E-state index contributed by atoms with van der Waals surface area (Å²) >= 11 is 0. The van der Waals surface area contributed by atoms with Gasteiger partial charge in [-0.25, -0.2) is 13.1 Å². The minimum absolute atomic E-state index is 0.0262. The number of benzene rings is 3. The molecule has 0 bridgehead atoms. The van der Waals surface area contributed by atoms with Gasteiger partial charge in [0.05, 0.1) is 4.90 Å². The molecule has 1 aliphatic rings. The molecule has 0 spiro atoms. The van der Waals surface area contributed by atoms with Gasteiger partial charge in [0, 0.05) is 38.3 Å². The van der Waals surface area contributed by atoms with Crippen LogP contribution in [-0.2, 0) is 28.3 Å². The van der Waals surface area contributed by atoms with Gasteiger partial charge in [-0.05, 0) is 47.1 Å². The number of piperazine rings is 1. The van der Waals surface area contributed by atoms with E-state index >= 15 is 0 Å². The Balaban J connectivity index is 1.54. The second kappa shape index (κ2) is 11.7. The zero-order valence-electron chi connectivity index (χ0n) is 21.7. The molecule has 2 N–H and O–H groups in total. The molecule has 0 saturated carbocycles. The summed E-state index contributed by atoms with van der Waals surface area (Å²) in [5.41, 5.74) is 3.52. The molecule has 0 unspecified atom stereocenters. The van der Waals surface area contributed by atoms with E-state index in [-0.39, 0.29) is 11.5 Å². The molecule has 4 rings (SSSR count). The molecular formula is C30H39N3O2S. The molecule has 3 aromatic rings. The highest BCUT2D eigenvalue weighted by atomic mass is 32.2. The maximum absolute atomic E-state index is 13.5. The quantitative estimate of drug-likeness (QED) is 0.453. The zero-order chi connectivity index (χ0) is 25.6. The fourth-order valence-corrected chi connectivity index (χ4v) is 6.10. The van der Waals surface area contributed by atoms with Crippen molar-refractivity contribution in [2.75, 3.05) is 26.2 Å². The van der Waals surface area contributed by atoms with Crippen molar-refractivity contribution in [1.82, 2.24) is 14.9 Å². The molecule has 0 aliphatic carbocycles. The summed E-state index contributed by atoms with van der Waals surface area (Å²) in [6, 6.07) is 28.0. The standard InChI is InChI=1S/C30H39N3O2S/c1-30(2,3)26-14-16-29(17-15-26)36(34,35)32-27(20-24-10-6-4-7-11-24)23-33-19-18-31-22-28(33)21-25-12-8-5-9-13-25/h4-17,27-28,31-32H,18-23H2,1-3H3/t27-,28-/m0/s1. The fraction of sp³-hybridized carbons (Fsp3) is 0.400. The lowest BCUT2D eigenvalue weighted by Gasteiger charge is -2.38. The zero-order valence-corrected chi connectivity index (χ0v) is 22.5. The summed E-state index contributed by atoms with van der Waals surface area (Å²) in [6.45, 7) is 9.74. The summed E-state index contributed by atoms with van der Waals surface area (Å²) in [4.78, 5) is 2.76. The van der Waals surface area contributed by atoms with Gasteiger partial charge in [0.1, 0.15) is 0 Å². The van der Waals surface area contributed by atoms with Gasteiger partial charge in [0.25, 0.3) is 0 Å². The van der Waals surface area contributed by atoms with Crippen LogP contribution in [0.25, 0.3) is 0 Å². The third-order valence-corrected chi connectivity index (χ3v) is 8.45. The molecule has 1 fully saturated rings. The summed E-state index contributed by atoms with van der Waals surface area (Å²) in [6.07, 6.45) is 1.58. The average Bonchev–Trinajstić information content (AvgIpc) is 2.86. The van der Waals surface area contributed by atoms with E-state index in [0.29, 0.717) is 23.9 Å². The molecular weight excluding hydrogens is 466 g/mol. The van der Waals surface area contributed by atoms with Crippen LogP contribution in [0.15, 0.2) is 89.8 Å². The van der Waals surface area contributed by atoms with Crippen molar-refractivity contribution >= 4 is 10.0 Å². The van der Waals surface area contributed by atoms with Gasteiger partial charge in [0.2, 0.25) is 10.0 Å². The first-order chi connectivity index (χ1) is 17.2. The maximum Gasteiger partial charge on any atom is 0.240 e. The molecule has 0 aromatic heterocycles. The highest BCUT2D eigenvalue weighted by Gasteiger charge is 2.28. The van der Waals surface area contributed by atoms with Gasteiger partial charge < -0.3 is 5.32 Å². The van der Waals surface area contributed by atoms with Crippen molar-refractivity contribution in [2.24, 2.45) is 0 Å². The third kappa shape index (κ3) is 7.26. The monoisotopic (exact) mass is 505 g/mol. The maximum atomic E-state index is 13.5. The van der Waals surface area contributed by atoms with Crippen molar-refractivity contribution in [2.45, 2.75) is 56.0 Å². The lowest BCUT2D eigenvalue weighted by atomic mass is 9.87. The largest absolute Gasteiger partial charge is 0.314 e. The molecule has 3 aromatic carbocycles. The predicted molar refractivity (Wildman–Crippen MR) is 148 cm³/mol. The Morgan fingerprint density at radius 1 is 0.917 bits per heavy atom. The molecule has 5 nitrogen and oxygen atoms in total. The van der Waals surface area contributed by atoms with E-state index in [1.54, 1.807) is 12.1 Å². The van der Waals surface area contributed by atoms with E-state index in [9.17, 15) is 8.42 Å². The molecule has 2 atom stereocenters. The van der Waals surface area contributed by atoms with Crippen molar-refractivity contribution < 1.29 is 8.42 Å². The van der Waals surface area contributed by atoms with Gasteiger partial charge in [-0.3, -0.25) is 4.90 Å². The van der Waals surface area contributed by atoms with E-state index in [1.165, 1.54) is 5.56 Å². The predicted octanol–water partition coefficient (Wildman–Crippen LogP) is 4.39. The summed E-state index contributed by atoms with van der Waals surface area (Å²) in [7, 11) is -3.66. The van der Waals surface area contributed by atoms with Gasteiger partial charge in [-0.15, -0.1) is 0 Å². The Morgan fingerprint density at radius 3 is 2.14 bits per heavy atom. The van der Waals surface area contributed by atoms with Gasteiger partial charge in [-0.2, -0.15) is 0 Å². The van der Waals surface area contributed by atoms with Gasteiger partial charge >= 0.3 is 0 Å². The lowest BCUT2D eigenvalue weighted by Crippen LogP contribution is -2.56. The molecule has 0 radical (unpaired) electrons. The second-order valence-corrected chi connectivity index (χ2v) is 12.5. The van der Waals surface area contributed by atoms with E-state index in [4.69, 9.17) is 0 Å². The highest BCUT2D eigenvalue weighted by molar-refractivity contribution is 7.89. The topological polar surface area (TPSA) is 61.4 Å². The minimum Gasteiger partial charge on any atom is -0.314 e. The summed E-state index contributed by atoms with van der Waals surface area (Å²) in [5.74, 6) is 0. The number of hydrogen-bond donors (Lipinski definition) is 2. The van der Waals surface area contributed by atoms with Crippen molar-refractivity contribution in [3.05, 3.63) is 102 Å². The second-order valence-electron chi connectivity index (χ2n) is 10.8. The Kier molecular flexibility index (Phi) is 8.62. The Bertz CT molecular complexity index is 1190. The molecule has 0 amide bonds. The summed E-state index contributed by atoms with van der Waals surface area (Å²) < 4.78 is 30.0. The molecule has 6 heteroatoms. The molecule has 1 saturated heterocycles. The van der Waals surface area contributed by atoms with Crippen LogP contribution in [0.2, 0.25) is 0 Å². The number of nitrogens with one attached hydrogen (secondary N) is 2. The number of rotatable bonds is 9. The van der Waals surface area contributed by atoms with Crippen LogP contribution < -0.4 is 10.0 Å². The lowest BCUT2D eigenvalue weighted by molar-refractivity contribution is 0.148. The van der Waals surface area contributed by atoms with Crippen LogP contribution in [-0.4, -0.2) is 51.6 Å². The van der Waals surface area contributed by atoms with Crippen LogP contribution in [0.1, 0.15) is 37.5 Å². The van der Waals surface area contributed by atoms with Crippen LogP contribution in [0.4, 0.5) is 0 Å². The normalized spacial score (nSPS) is 18.1. The average molecular weight is 506 g/mol. The minimum atomic E-state index is -3.66. The third-order valence-electron chi connectivity index (χ3n) is 6.92. The van der Waals surface area contributed by atoms with Crippen LogP contribution in [0, 0.1) is 0 Å². The van der Waals surface area contributed by atoms with E-state index in [1.807, 2.05) is 36.4 Å². The molecule has 192 valence electrons. The Labute approximate surface area is 217 Å². The SMILES string of the molecule is CC(C)(C)c1ccc(S(=O)(=O)N[C@@H](Cc2ccccc2)CN2CCNC[C@@H]2Cc2ccccc2)cc1. The van der Waals surface area contributed by atoms with Crippen LogP contribution in [0.3, 0.4) is 0 Å². The smallest absolute Gasteiger partial charge is 0.240 e. The van der Waals surface area contributed by atoms with Crippen molar-refractivity contribution in [3.8, 4) is 0 Å². The van der Waals surface area contributed by atoms with E-state index < -0.39 is 10.0 Å². The van der Waals surface area contributed by atoms with Crippen LogP contribution in [0.5, 0.6) is 0 Å². The first-order valence-electron chi connectivity index (χ1n) is 12.9. The number of hydrogen-bond acceptors (Lipinski definition) is 4. The Morgan fingerprint density at radius 2 is 1.53 bits per heavy atom. The first kappa shape index (κ1) is 26.6.